The van der Waals surface area contributed by atoms with Crippen molar-refractivity contribution in [3.63, 3.8) is 0 Å². The largest absolute Gasteiger partial charge is 0.488 e. The predicted molar refractivity (Wildman–Crippen MR) is 100 cm³/mol. The van der Waals surface area contributed by atoms with Crippen LogP contribution in [-0.2, 0) is 6.61 Å². The van der Waals surface area contributed by atoms with Gasteiger partial charge >= 0.3 is 0 Å². The van der Waals surface area contributed by atoms with E-state index >= 15 is 0 Å². The Morgan fingerprint density at radius 2 is 2.21 bits per heavy atom. The van der Waals surface area contributed by atoms with Crippen molar-refractivity contribution in [2.75, 3.05) is 19.6 Å². The van der Waals surface area contributed by atoms with Gasteiger partial charge in [-0.2, -0.15) is 0 Å². The number of thiophene rings is 1. The van der Waals surface area contributed by atoms with Gasteiger partial charge in [-0.3, -0.25) is 4.79 Å². The molecule has 0 bridgehead atoms. The van der Waals surface area contributed by atoms with Crippen LogP contribution in [0.4, 0.5) is 0 Å². The monoisotopic (exact) mass is 366 g/mol. The van der Waals surface area contributed by atoms with E-state index in [2.05, 4.69) is 6.92 Å². The lowest BCUT2D eigenvalue weighted by molar-refractivity contribution is 0.0776. The Labute approximate surface area is 153 Å². The van der Waals surface area contributed by atoms with Gasteiger partial charge in [0.2, 0.25) is 0 Å². The van der Waals surface area contributed by atoms with Crippen LogP contribution in [0, 0.1) is 5.41 Å². The van der Waals surface area contributed by atoms with Crippen LogP contribution in [0.15, 0.2) is 41.8 Å². The second-order valence-electron chi connectivity index (χ2n) is 6.39. The Hall–Kier alpha value is -1.56. The Bertz CT molecular complexity index is 677. The highest BCUT2D eigenvalue weighted by Gasteiger charge is 2.35. The number of amides is 1. The maximum absolute atomic E-state index is 12.7. The molecule has 1 aromatic carbocycles. The van der Waals surface area contributed by atoms with Crippen LogP contribution in [0.25, 0.3) is 0 Å². The molecule has 1 amide bonds. The third-order valence-corrected chi connectivity index (χ3v) is 5.23. The van der Waals surface area contributed by atoms with Crippen molar-refractivity contribution in [3.05, 3.63) is 52.2 Å². The van der Waals surface area contributed by atoms with Gasteiger partial charge in [0.15, 0.2) is 0 Å². The average molecular weight is 367 g/mol. The van der Waals surface area contributed by atoms with Gasteiger partial charge in [-0.1, -0.05) is 19.1 Å². The Kier molecular flexibility index (Phi) is 6.27. The Morgan fingerprint density at radius 1 is 1.38 bits per heavy atom. The van der Waals surface area contributed by atoms with Crippen LogP contribution in [0.1, 0.15) is 28.6 Å². The smallest absolute Gasteiger partial charge is 0.254 e. The van der Waals surface area contributed by atoms with E-state index in [0.717, 1.165) is 25.3 Å². The summed E-state index contributed by atoms with van der Waals surface area (Å²) in [5, 5.41) is 2.03. The van der Waals surface area contributed by atoms with Crippen LogP contribution < -0.4 is 10.5 Å². The summed E-state index contributed by atoms with van der Waals surface area (Å²) in [7, 11) is 0. The molecule has 1 aromatic heterocycles. The summed E-state index contributed by atoms with van der Waals surface area (Å²) < 4.78 is 5.79. The minimum Gasteiger partial charge on any atom is -0.488 e. The predicted octanol–water partition coefficient (Wildman–Crippen LogP) is 3.56. The quantitative estimate of drug-likeness (QED) is 0.880. The van der Waals surface area contributed by atoms with Crippen molar-refractivity contribution in [1.29, 1.82) is 0 Å². The molecular weight excluding hydrogens is 344 g/mol. The van der Waals surface area contributed by atoms with Crippen molar-refractivity contribution < 1.29 is 9.53 Å². The third-order valence-electron chi connectivity index (χ3n) is 4.38. The highest BCUT2D eigenvalue weighted by atomic mass is 35.5. The molecule has 130 valence electrons. The number of rotatable bonds is 5. The molecule has 1 fully saturated rings. The van der Waals surface area contributed by atoms with E-state index in [-0.39, 0.29) is 23.7 Å². The zero-order chi connectivity index (χ0) is 16.3. The van der Waals surface area contributed by atoms with Gasteiger partial charge < -0.3 is 15.4 Å². The van der Waals surface area contributed by atoms with Gasteiger partial charge in [-0.25, -0.2) is 0 Å². The molecule has 0 saturated carbocycles. The zero-order valence-corrected chi connectivity index (χ0v) is 15.4. The molecule has 24 heavy (non-hydrogen) atoms. The number of benzene rings is 1. The number of nitrogens with two attached hydrogens (primary N) is 1. The maximum Gasteiger partial charge on any atom is 0.254 e. The van der Waals surface area contributed by atoms with E-state index in [0.29, 0.717) is 18.7 Å². The number of hydrogen-bond donors (Lipinski definition) is 1. The molecule has 0 spiro atoms. The topological polar surface area (TPSA) is 55.6 Å². The number of carbonyl (C=O) groups excluding carboxylic acids is 1. The Balaban J connectivity index is 0.00000208. The lowest BCUT2D eigenvalue weighted by Gasteiger charge is -2.22. The highest BCUT2D eigenvalue weighted by molar-refractivity contribution is 7.09. The zero-order valence-electron chi connectivity index (χ0n) is 13.7. The second kappa shape index (κ2) is 8.01. The standard InChI is InChI=1S/C18H22N2O2S.ClH/c1-18(12-19)7-8-20(13-18)17(21)14-4-2-5-15(10-14)22-11-16-6-3-9-23-16;/h2-6,9-10H,7-8,11-13,19H2,1H3;1H. The van der Waals surface area contributed by atoms with Gasteiger partial charge in [0.25, 0.3) is 5.91 Å². The van der Waals surface area contributed by atoms with E-state index in [1.807, 2.05) is 46.7 Å². The minimum atomic E-state index is 0. The summed E-state index contributed by atoms with van der Waals surface area (Å²) in [6.45, 7) is 4.78. The van der Waals surface area contributed by atoms with E-state index in [4.69, 9.17) is 10.5 Å². The van der Waals surface area contributed by atoms with E-state index in [1.165, 1.54) is 4.88 Å². The molecule has 1 unspecified atom stereocenters. The fourth-order valence-corrected chi connectivity index (χ4v) is 3.43. The first-order valence-corrected chi connectivity index (χ1v) is 8.72. The van der Waals surface area contributed by atoms with Crippen molar-refractivity contribution in [3.8, 4) is 5.75 Å². The lowest BCUT2D eigenvalue weighted by Crippen LogP contribution is -2.34. The summed E-state index contributed by atoms with van der Waals surface area (Å²) in [6, 6.07) is 11.5. The van der Waals surface area contributed by atoms with Crippen LogP contribution in [0.5, 0.6) is 5.75 Å². The highest BCUT2D eigenvalue weighted by Crippen LogP contribution is 2.30. The molecule has 3 rings (SSSR count). The fraction of sp³-hybridized carbons (Fsp3) is 0.389. The molecule has 1 atom stereocenters. The number of halogens is 1. The SMILES string of the molecule is CC1(CN)CCN(C(=O)c2cccc(OCc3cccs3)c2)C1.Cl. The number of nitrogens with zero attached hydrogens (tertiary/aromatic N) is 1. The molecule has 6 heteroatoms. The van der Waals surface area contributed by atoms with Gasteiger partial charge in [0, 0.05) is 23.5 Å². The van der Waals surface area contributed by atoms with Crippen LogP contribution in [0.3, 0.4) is 0 Å². The first-order chi connectivity index (χ1) is 11.1. The molecule has 0 aliphatic carbocycles. The molecule has 1 aliphatic heterocycles. The first kappa shape index (κ1) is 18.8. The molecule has 0 radical (unpaired) electrons. The van der Waals surface area contributed by atoms with Crippen molar-refractivity contribution >= 4 is 29.7 Å². The van der Waals surface area contributed by atoms with Crippen molar-refractivity contribution in [2.24, 2.45) is 11.1 Å². The number of carbonyl (C=O) groups is 1. The fourth-order valence-electron chi connectivity index (χ4n) is 2.81. The summed E-state index contributed by atoms with van der Waals surface area (Å²) in [6.07, 6.45) is 0.962. The van der Waals surface area contributed by atoms with Gasteiger partial charge in [0.1, 0.15) is 12.4 Å². The van der Waals surface area contributed by atoms with E-state index in [1.54, 1.807) is 11.3 Å². The third kappa shape index (κ3) is 4.29. The van der Waals surface area contributed by atoms with Gasteiger partial charge in [0.05, 0.1) is 0 Å². The molecule has 1 aliphatic rings. The van der Waals surface area contributed by atoms with Crippen LogP contribution in [0.2, 0.25) is 0 Å². The summed E-state index contributed by atoms with van der Waals surface area (Å²) >= 11 is 1.66. The molecule has 1 saturated heterocycles. The van der Waals surface area contributed by atoms with E-state index < -0.39 is 0 Å². The number of hydrogen-bond acceptors (Lipinski definition) is 4. The summed E-state index contributed by atoms with van der Waals surface area (Å²) in [4.78, 5) is 15.7. The van der Waals surface area contributed by atoms with Crippen molar-refractivity contribution in [1.82, 2.24) is 4.90 Å². The molecular formula is C18H23ClN2O2S. The lowest BCUT2D eigenvalue weighted by atomic mass is 9.90. The average Bonchev–Trinajstić information content (AvgIpc) is 3.23. The van der Waals surface area contributed by atoms with Crippen LogP contribution >= 0.6 is 23.7 Å². The molecule has 2 aromatic rings. The van der Waals surface area contributed by atoms with Crippen LogP contribution in [-0.4, -0.2) is 30.4 Å². The van der Waals surface area contributed by atoms with Gasteiger partial charge in [-0.15, -0.1) is 23.7 Å². The number of ether oxygens (including phenoxy) is 1. The summed E-state index contributed by atoms with van der Waals surface area (Å²) in [5.41, 5.74) is 6.54. The number of likely N-dealkylation sites (tertiary alicyclic amines) is 1. The molecule has 2 heterocycles. The molecule has 2 N–H and O–H groups in total. The molecule has 4 nitrogen and oxygen atoms in total. The second-order valence-corrected chi connectivity index (χ2v) is 7.42. The maximum atomic E-state index is 12.7. The normalized spacial score (nSPS) is 19.8. The first-order valence-electron chi connectivity index (χ1n) is 7.84. The summed E-state index contributed by atoms with van der Waals surface area (Å²) in [5.74, 6) is 0.786. The minimum absolute atomic E-state index is 0. The van der Waals surface area contributed by atoms with E-state index in [9.17, 15) is 4.79 Å². The van der Waals surface area contributed by atoms with Crippen molar-refractivity contribution in [2.45, 2.75) is 20.0 Å². The van der Waals surface area contributed by atoms with Gasteiger partial charge in [-0.05, 0) is 48.0 Å². The Morgan fingerprint density at radius 3 is 2.88 bits per heavy atom.